The van der Waals surface area contributed by atoms with Crippen LogP contribution in [0.15, 0.2) is 127 Å². The molecule has 0 bridgehead atoms. The molecule has 0 spiro atoms. The van der Waals surface area contributed by atoms with Gasteiger partial charge < -0.3 is 0 Å². The van der Waals surface area contributed by atoms with Crippen molar-refractivity contribution in [3.05, 3.63) is 155 Å². The van der Waals surface area contributed by atoms with Gasteiger partial charge >= 0.3 is 0 Å². The van der Waals surface area contributed by atoms with Gasteiger partial charge in [-0.3, -0.25) is 0 Å². The molecule has 0 N–H and O–H groups in total. The first-order chi connectivity index (χ1) is 24.3. The highest BCUT2D eigenvalue weighted by atomic mass is 14.4. The second-order valence-electron chi connectivity index (χ2n) is 13.2. The van der Waals surface area contributed by atoms with Crippen LogP contribution in [0.3, 0.4) is 0 Å². The highest BCUT2D eigenvalue weighted by Crippen LogP contribution is 2.48. The average Bonchev–Trinajstić information content (AvgIpc) is 3.39. The molecule has 0 amide bonds. The molecule has 0 radical (unpaired) electrons. The molecule has 0 aliphatic heterocycles. The molecule has 8 aromatic rings. The summed E-state index contributed by atoms with van der Waals surface area (Å²) in [6.45, 7) is 23.2. The molecule has 0 saturated heterocycles. The van der Waals surface area contributed by atoms with Crippen LogP contribution in [-0.4, -0.2) is 0 Å². The molecule has 1 aliphatic carbocycles. The first kappa shape index (κ1) is 36.3. The first-order valence-corrected chi connectivity index (χ1v) is 18.7. The predicted octanol–water partition coefficient (Wildman–Crippen LogP) is 15.4. The standard InChI is InChI=1S/C29H22.C15H14.3C2H6/c1-17-4-5-21-16-22(7-6-20(21)12-17)27-15-19(3)25-10-8-23-13-18(2)14-24-9-11-26(27)29(25)28(23)24;1-15(2)13-9-5-3-7-11(13)12-8-4-6-10-14(12)15;3*1-2/h4-16H,1-3H3;3-10H,1-2H3;3*1-2H3. The van der Waals surface area contributed by atoms with Crippen LogP contribution >= 0.6 is 0 Å². The zero-order valence-electron chi connectivity index (χ0n) is 32.1. The normalized spacial score (nSPS) is 12.1. The highest BCUT2D eigenvalue weighted by Gasteiger charge is 2.34. The molecule has 50 heavy (non-hydrogen) atoms. The fourth-order valence-electron chi connectivity index (χ4n) is 7.69. The lowest BCUT2D eigenvalue weighted by molar-refractivity contribution is 0.660. The number of hydrogen-bond donors (Lipinski definition) is 0. The number of fused-ring (bicyclic) bond motifs is 4. The minimum absolute atomic E-state index is 0.160. The molecule has 8 aromatic carbocycles. The molecule has 0 aromatic heterocycles. The number of rotatable bonds is 1. The Balaban J connectivity index is 0.000000195. The Morgan fingerprint density at radius 1 is 0.380 bits per heavy atom. The molecule has 0 heteroatoms. The quantitative estimate of drug-likeness (QED) is 0.155. The Morgan fingerprint density at radius 2 is 0.860 bits per heavy atom. The van der Waals surface area contributed by atoms with Crippen molar-refractivity contribution >= 4 is 43.1 Å². The van der Waals surface area contributed by atoms with Crippen LogP contribution in [0.1, 0.15) is 83.2 Å². The van der Waals surface area contributed by atoms with E-state index in [0.717, 1.165) is 0 Å². The van der Waals surface area contributed by atoms with Crippen LogP contribution in [0.5, 0.6) is 0 Å². The van der Waals surface area contributed by atoms with E-state index in [0.29, 0.717) is 0 Å². The van der Waals surface area contributed by atoms with Crippen LogP contribution < -0.4 is 0 Å². The molecule has 0 nitrogen and oxygen atoms in total. The summed E-state index contributed by atoms with van der Waals surface area (Å²) in [4.78, 5) is 0. The van der Waals surface area contributed by atoms with Crippen LogP contribution in [0.25, 0.3) is 65.3 Å². The van der Waals surface area contributed by atoms with Crippen molar-refractivity contribution in [1.29, 1.82) is 0 Å². The second kappa shape index (κ2) is 15.3. The van der Waals surface area contributed by atoms with Crippen molar-refractivity contribution < 1.29 is 0 Å². The van der Waals surface area contributed by atoms with E-state index in [1.165, 1.54) is 93.2 Å². The van der Waals surface area contributed by atoms with Gasteiger partial charge in [0.25, 0.3) is 0 Å². The van der Waals surface area contributed by atoms with Crippen molar-refractivity contribution in [2.24, 2.45) is 0 Å². The average molecular weight is 655 g/mol. The Morgan fingerprint density at radius 3 is 1.46 bits per heavy atom. The fraction of sp³-hybridized carbons (Fsp3) is 0.240. The topological polar surface area (TPSA) is 0 Å². The smallest absolute Gasteiger partial charge is 0.0158 e. The van der Waals surface area contributed by atoms with E-state index in [-0.39, 0.29) is 5.41 Å². The lowest BCUT2D eigenvalue weighted by Gasteiger charge is -2.20. The lowest BCUT2D eigenvalue weighted by atomic mass is 9.82. The van der Waals surface area contributed by atoms with E-state index in [4.69, 9.17) is 0 Å². The van der Waals surface area contributed by atoms with E-state index in [2.05, 4.69) is 162 Å². The molecule has 0 unspecified atom stereocenters. The fourth-order valence-corrected chi connectivity index (χ4v) is 7.69. The summed E-state index contributed by atoms with van der Waals surface area (Å²) < 4.78 is 0. The van der Waals surface area contributed by atoms with Gasteiger partial charge in [-0.25, -0.2) is 0 Å². The lowest BCUT2D eigenvalue weighted by Crippen LogP contribution is -2.14. The highest BCUT2D eigenvalue weighted by molar-refractivity contribution is 6.26. The Kier molecular flexibility index (Phi) is 11.1. The summed E-state index contributed by atoms with van der Waals surface area (Å²) in [5.41, 5.74) is 12.4. The third kappa shape index (κ3) is 6.40. The van der Waals surface area contributed by atoms with Gasteiger partial charge in [0.2, 0.25) is 0 Å². The molecule has 0 fully saturated rings. The first-order valence-electron chi connectivity index (χ1n) is 18.7. The summed E-state index contributed by atoms with van der Waals surface area (Å²) in [6.07, 6.45) is 0. The predicted molar refractivity (Wildman–Crippen MR) is 225 cm³/mol. The van der Waals surface area contributed by atoms with Gasteiger partial charge in [0.1, 0.15) is 0 Å². The summed E-state index contributed by atoms with van der Waals surface area (Å²) in [5, 5.41) is 10.8. The Labute approximate surface area is 301 Å². The summed E-state index contributed by atoms with van der Waals surface area (Å²) in [6, 6.07) is 47.2. The van der Waals surface area contributed by atoms with Crippen LogP contribution in [0, 0.1) is 20.8 Å². The van der Waals surface area contributed by atoms with E-state index in [1.807, 2.05) is 41.5 Å². The Hall–Kier alpha value is -4.94. The molecule has 254 valence electrons. The van der Waals surface area contributed by atoms with Crippen molar-refractivity contribution in [2.45, 2.75) is 81.6 Å². The van der Waals surface area contributed by atoms with Gasteiger partial charge in [0.05, 0.1) is 0 Å². The van der Waals surface area contributed by atoms with E-state index in [9.17, 15) is 0 Å². The third-order valence-corrected chi connectivity index (χ3v) is 9.87. The largest absolute Gasteiger partial charge is 0.0683 e. The monoisotopic (exact) mass is 654 g/mol. The molecule has 1 aliphatic rings. The summed E-state index contributed by atoms with van der Waals surface area (Å²) >= 11 is 0. The number of aryl methyl sites for hydroxylation is 3. The molecule has 9 rings (SSSR count). The second-order valence-corrected chi connectivity index (χ2v) is 13.2. The van der Waals surface area contributed by atoms with Gasteiger partial charge in [0.15, 0.2) is 0 Å². The molecular formula is C50H54. The van der Waals surface area contributed by atoms with Gasteiger partial charge in [0, 0.05) is 5.41 Å². The van der Waals surface area contributed by atoms with Crippen molar-refractivity contribution in [1.82, 2.24) is 0 Å². The van der Waals surface area contributed by atoms with Gasteiger partial charge in [-0.15, -0.1) is 0 Å². The molecule has 0 heterocycles. The maximum absolute atomic E-state index is 2.36. The van der Waals surface area contributed by atoms with Crippen molar-refractivity contribution in [2.75, 3.05) is 0 Å². The van der Waals surface area contributed by atoms with Crippen LogP contribution in [-0.2, 0) is 5.41 Å². The van der Waals surface area contributed by atoms with E-state index < -0.39 is 0 Å². The van der Waals surface area contributed by atoms with E-state index in [1.54, 1.807) is 0 Å². The van der Waals surface area contributed by atoms with Crippen LogP contribution in [0.2, 0.25) is 0 Å². The zero-order chi connectivity index (χ0) is 36.2. The van der Waals surface area contributed by atoms with Crippen molar-refractivity contribution in [3.8, 4) is 22.3 Å². The number of benzene rings is 8. The SMILES string of the molecule is CC.CC.CC.CC1(C)c2ccccc2-c2ccccc21.Cc1ccc2cc(-c3cc(C)c4ccc5cc(C)cc6ccc3c4c56)ccc2c1. The van der Waals surface area contributed by atoms with Gasteiger partial charge in [-0.1, -0.05) is 182 Å². The number of hydrogen-bond acceptors (Lipinski definition) is 0. The molecule has 0 saturated carbocycles. The Bertz CT molecular complexity index is 2320. The van der Waals surface area contributed by atoms with Gasteiger partial charge in [-0.2, -0.15) is 0 Å². The van der Waals surface area contributed by atoms with Crippen molar-refractivity contribution in [3.63, 3.8) is 0 Å². The van der Waals surface area contributed by atoms with Crippen LogP contribution in [0.4, 0.5) is 0 Å². The maximum atomic E-state index is 2.36. The zero-order valence-corrected chi connectivity index (χ0v) is 32.1. The summed E-state index contributed by atoms with van der Waals surface area (Å²) in [7, 11) is 0. The molecular weight excluding hydrogens is 601 g/mol. The maximum Gasteiger partial charge on any atom is 0.0158 e. The minimum atomic E-state index is 0.160. The third-order valence-electron chi connectivity index (χ3n) is 9.87. The van der Waals surface area contributed by atoms with E-state index >= 15 is 0 Å². The minimum Gasteiger partial charge on any atom is -0.0683 e. The summed E-state index contributed by atoms with van der Waals surface area (Å²) in [5.74, 6) is 0. The van der Waals surface area contributed by atoms with Gasteiger partial charge in [-0.05, 0) is 114 Å². The molecule has 0 atom stereocenters.